The number of allylic oxidation sites excluding steroid dienone is 1. The highest BCUT2D eigenvalue weighted by Gasteiger charge is 2.12. The standard InChI is InChI=1S/C15H18O4/c1-9(2)19-14-7-5-12(10(3)11(14)4)13(16)6-8-15(17)18/h5-9H,1-4H3,(H,17,18)/b8-6+. The highest BCUT2D eigenvalue weighted by Crippen LogP contribution is 2.25. The molecule has 0 aromatic heterocycles. The number of carbonyl (C=O) groups excluding carboxylic acids is 1. The number of aliphatic carboxylic acids is 1. The van der Waals surface area contributed by atoms with Crippen LogP contribution < -0.4 is 4.74 Å². The second-order valence-corrected chi connectivity index (χ2v) is 4.56. The van der Waals surface area contributed by atoms with Gasteiger partial charge >= 0.3 is 5.97 Å². The summed E-state index contributed by atoms with van der Waals surface area (Å²) in [5.41, 5.74) is 2.19. The smallest absolute Gasteiger partial charge is 0.328 e. The molecule has 0 heterocycles. The van der Waals surface area contributed by atoms with Crippen LogP contribution in [0.2, 0.25) is 0 Å². The van der Waals surface area contributed by atoms with Gasteiger partial charge in [-0.15, -0.1) is 0 Å². The van der Waals surface area contributed by atoms with Gasteiger partial charge in [-0.2, -0.15) is 0 Å². The van der Waals surface area contributed by atoms with Gasteiger partial charge < -0.3 is 9.84 Å². The summed E-state index contributed by atoms with van der Waals surface area (Å²) in [6.07, 6.45) is 1.97. The molecule has 1 aromatic carbocycles. The van der Waals surface area contributed by atoms with Gasteiger partial charge in [0.25, 0.3) is 0 Å². The van der Waals surface area contributed by atoms with E-state index in [9.17, 15) is 9.59 Å². The van der Waals surface area contributed by atoms with Gasteiger partial charge in [0.15, 0.2) is 5.78 Å². The number of rotatable bonds is 5. The molecule has 0 saturated heterocycles. The predicted molar refractivity (Wildman–Crippen MR) is 72.8 cm³/mol. The number of carboxylic acids is 1. The highest BCUT2D eigenvalue weighted by molar-refractivity contribution is 6.08. The lowest BCUT2D eigenvalue weighted by molar-refractivity contribution is -0.131. The van der Waals surface area contributed by atoms with E-state index >= 15 is 0 Å². The second-order valence-electron chi connectivity index (χ2n) is 4.56. The van der Waals surface area contributed by atoms with Gasteiger partial charge in [-0.05, 0) is 57.0 Å². The average molecular weight is 262 g/mol. The minimum Gasteiger partial charge on any atom is -0.491 e. The molecule has 102 valence electrons. The maximum atomic E-state index is 11.9. The fourth-order valence-electron chi connectivity index (χ4n) is 1.68. The van der Waals surface area contributed by atoms with Crippen molar-refractivity contribution in [3.8, 4) is 5.75 Å². The number of hydrogen-bond acceptors (Lipinski definition) is 3. The van der Waals surface area contributed by atoms with Gasteiger partial charge in [0.2, 0.25) is 0 Å². The van der Waals surface area contributed by atoms with Gasteiger partial charge in [-0.25, -0.2) is 4.79 Å². The summed E-state index contributed by atoms with van der Waals surface area (Å²) in [5.74, 6) is -0.715. The molecule has 0 fully saturated rings. The maximum absolute atomic E-state index is 11.9. The van der Waals surface area contributed by atoms with Crippen molar-refractivity contribution in [1.29, 1.82) is 0 Å². The zero-order chi connectivity index (χ0) is 14.6. The van der Waals surface area contributed by atoms with Crippen molar-refractivity contribution in [3.05, 3.63) is 41.0 Å². The summed E-state index contributed by atoms with van der Waals surface area (Å²) in [4.78, 5) is 22.3. The van der Waals surface area contributed by atoms with Crippen LogP contribution in [0.15, 0.2) is 24.3 Å². The molecule has 0 aliphatic heterocycles. The topological polar surface area (TPSA) is 63.6 Å². The molecule has 4 nitrogen and oxygen atoms in total. The number of carbonyl (C=O) groups is 2. The quantitative estimate of drug-likeness (QED) is 0.654. The molecule has 19 heavy (non-hydrogen) atoms. The summed E-state index contributed by atoms with van der Waals surface area (Å²) < 4.78 is 5.64. The van der Waals surface area contributed by atoms with Gasteiger partial charge in [0, 0.05) is 11.6 Å². The first-order valence-electron chi connectivity index (χ1n) is 6.05. The van der Waals surface area contributed by atoms with Crippen LogP contribution >= 0.6 is 0 Å². The Morgan fingerprint density at radius 1 is 1.16 bits per heavy atom. The third kappa shape index (κ3) is 3.95. The van der Waals surface area contributed by atoms with Gasteiger partial charge in [0.1, 0.15) is 5.75 Å². The molecule has 1 aromatic rings. The number of ketones is 1. The van der Waals surface area contributed by atoms with Crippen LogP contribution in [-0.2, 0) is 4.79 Å². The molecular formula is C15H18O4. The molecule has 0 saturated carbocycles. The summed E-state index contributed by atoms with van der Waals surface area (Å²) in [7, 11) is 0. The Morgan fingerprint density at radius 3 is 2.32 bits per heavy atom. The fraction of sp³-hybridized carbons (Fsp3) is 0.333. The van der Waals surface area contributed by atoms with Crippen LogP contribution in [0.1, 0.15) is 35.3 Å². The molecule has 0 aliphatic rings. The Bertz CT molecular complexity index is 527. The lowest BCUT2D eigenvalue weighted by atomic mass is 9.99. The Morgan fingerprint density at radius 2 is 1.79 bits per heavy atom. The van der Waals surface area contributed by atoms with E-state index < -0.39 is 5.97 Å². The van der Waals surface area contributed by atoms with Crippen LogP contribution in [0.3, 0.4) is 0 Å². The number of hydrogen-bond donors (Lipinski definition) is 1. The largest absolute Gasteiger partial charge is 0.491 e. The van der Waals surface area contributed by atoms with Crippen LogP contribution in [0.4, 0.5) is 0 Å². The zero-order valence-corrected chi connectivity index (χ0v) is 11.6. The van der Waals surface area contributed by atoms with E-state index in [1.54, 1.807) is 12.1 Å². The van der Waals surface area contributed by atoms with Crippen molar-refractivity contribution in [2.75, 3.05) is 0 Å². The van der Waals surface area contributed by atoms with Crippen LogP contribution in [0.25, 0.3) is 0 Å². The van der Waals surface area contributed by atoms with Crippen molar-refractivity contribution in [3.63, 3.8) is 0 Å². The maximum Gasteiger partial charge on any atom is 0.328 e. The van der Waals surface area contributed by atoms with Crippen molar-refractivity contribution < 1.29 is 19.4 Å². The minimum absolute atomic E-state index is 0.0616. The fourth-order valence-corrected chi connectivity index (χ4v) is 1.68. The van der Waals surface area contributed by atoms with Crippen LogP contribution in [0, 0.1) is 13.8 Å². The van der Waals surface area contributed by atoms with E-state index in [0.29, 0.717) is 5.56 Å². The van der Waals surface area contributed by atoms with Crippen molar-refractivity contribution >= 4 is 11.8 Å². The highest BCUT2D eigenvalue weighted by atomic mass is 16.5. The van der Waals surface area contributed by atoms with E-state index in [-0.39, 0.29) is 11.9 Å². The van der Waals surface area contributed by atoms with E-state index in [0.717, 1.165) is 29.0 Å². The van der Waals surface area contributed by atoms with Crippen molar-refractivity contribution in [2.45, 2.75) is 33.8 Å². The van der Waals surface area contributed by atoms with Gasteiger partial charge in [-0.1, -0.05) is 0 Å². The molecule has 0 spiro atoms. The van der Waals surface area contributed by atoms with E-state index in [1.807, 2.05) is 27.7 Å². The number of ether oxygens (including phenoxy) is 1. The zero-order valence-electron chi connectivity index (χ0n) is 11.6. The molecule has 4 heteroatoms. The first-order chi connectivity index (χ1) is 8.82. The third-order valence-corrected chi connectivity index (χ3v) is 2.74. The molecular weight excluding hydrogens is 244 g/mol. The molecule has 0 radical (unpaired) electrons. The number of carboxylic acid groups (broad SMARTS) is 1. The van der Waals surface area contributed by atoms with E-state index in [2.05, 4.69) is 0 Å². The van der Waals surface area contributed by atoms with E-state index in [1.165, 1.54) is 0 Å². The Balaban J connectivity index is 3.09. The monoisotopic (exact) mass is 262 g/mol. The summed E-state index contributed by atoms with van der Waals surface area (Å²) in [6, 6.07) is 3.40. The number of benzene rings is 1. The first kappa shape index (κ1) is 15.0. The summed E-state index contributed by atoms with van der Waals surface area (Å²) in [6.45, 7) is 7.57. The lowest BCUT2D eigenvalue weighted by Crippen LogP contribution is -2.09. The molecule has 0 amide bonds. The Labute approximate surface area is 112 Å². The van der Waals surface area contributed by atoms with Gasteiger partial charge in [0.05, 0.1) is 6.10 Å². The molecule has 1 N–H and O–H groups in total. The lowest BCUT2D eigenvalue weighted by Gasteiger charge is -2.15. The molecule has 0 unspecified atom stereocenters. The Hall–Kier alpha value is -2.10. The average Bonchev–Trinajstić information content (AvgIpc) is 2.31. The molecule has 0 aliphatic carbocycles. The van der Waals surface area contributed by atoms with Crippen molar-refractivity contribution in [1.82, 2.24) is 0 Å². The first-order valence-corrected chi connectivity index (χ1v) is 6.05. The minimum atomic E-state index is -1.14. The normalized spacial score (nSPS) is 11.0. The molecule has 1 rings (SSSR count). The third-order valence-electron chi connectivity index (χ3n) is 2.74. The van der Waals surface area contributed by atoms with Crippen LogP contribution in [-0.4, -0.2) is 23.0 Å². The van der Waals surface area contributed by atoms with Crippen LogP contribution in [0.5, 0.6) is 5.75 Å². The van der Waals surface area contributed by atoms with E-state index in [4.69, 9.17) is 9.84 Å². The summed E-state index contributed by atoms with van der Waals surface area (Å²) >= 11 is 0. The van der Waals surface area contributed by atoms with Gasteiger partial charge in [-0.3, -0.25) is 4.79 Å². The molecule has 0 bridgehead atoms. The Kier molecular flexibility index (Phi) is 4.87. The summed E-state index contributed by atoms with van der Waals surface area (Å²) in [5, 5.41) is 8.52. The SMILES string of the molecule is Cc1c(OC(C)C)ccc(C(=O)/C=C/C(=O)O)c1C. The second kappa shape index (κ2) is 6.18. The predicted octanol–water partition coefficient (Wildman–Crippen LogP) is 2.91. The molecule has 0 atom stereocenters. The van der Waals surface area contributed by atoms with Crippen molar-refractivity contribution in [2.24, 2.45) is 0 Å².